The fraction of sp³-hybridized carbons (Fsp3) is 0.897. The summed E-state index contributed by atoms with van der Waals surface area (Å²) in [6.45, 7) is 37.0. The number of allylic oxidation sites excluding steroid dienone is 6. The highest BCUT2D eigenvalue weighted by molar-refractivity contribution is 5.21. The molecule has 0 saturated heterocycles. The van der Waals surface area contributed by atoms with Crippen molar-refractivity contribution in [1.82, 2.24) is 0 Å². The number of rotatable bonds is 36. The Balaban J connectivity index is -0.000000150. The third-order valence-electron chi connectivity index (χ3n) is 9.75. The van der Waals surface area contributed by atoms with Crippen molar-refractivity contribution in [2.75, 3.05) is 26.4 Å². The SMILES string of the molecule is CC.CC.CC.CC.CC.CC.CCCCCCC/C=C/C(C)CCCCCCOCCCCC.CCCCOCCCCCCCCCCCCCCC1=CCCC=C1. The minimum absolute atomic E-state index is 0.760. The molecule has 0 fully saturated rings. The maximum absolute atomic E-state index is 5.65. The minimum atomic E-state index is 0.760. The van der Waals surface area contributed by atoms with Crippen molar-refractivity contribution in [2.24, 2.45) is 5.92 Å². The highest BCUT2D eigenvalue weighted by Gasteiger charge is 2.00. The molecule has 0 N–H and O–H groups in total. The van der Waals surface area contributed by atoms with E-state index in [1.807, 2.05) is 83.1 Å². The van der Waals surface area contributed by atoms with Gasteiger partial charge in [0, 0.05) is 26.4 Å². The lowest BCUT2D eigenvalue weighted by molar-refractivity contribution is 0.126. The molecule has 0 aromatic carbocycles. The monoisotopic (exact) mass is 853 g/mol. The Bertz CT molecular complexity index is 678. The summed E-state index contributed by atoms with van der Waals surface area (Å²) in [7, 11) is 0. The first kappa shape index (κ1) is 73.5. The number of hydrogen-bond donors (Lipinski definition) is 0. The standard InChI is InChI=1S/C24H44O.C22H44O.6C2H6/c1-2-3-22-25-23-18-13-11-9-7-5-4-6-8-10-12-15-19-24-20-16-14-17-21-24;1-4-6-8-9-10-11-14-18-22(3)19-15-12-13-17-21-23-20-16-7-5-2;6*1-2/h16,20-21H,2-15,17-19,22-23H2,1H3;14,18,22H,4-13,15-17,19-21H2,1-3H3;6*1-2H3/b;18-14+;;;;;;. The van der Waals surface area contributed by atoms with E-state index in [-0.39, 0.29) is 0 Å². The molecule has 0 aromatic rings. The second-order valence-electron chi connectivity index (χ2n) is 14.8. The van der Waals surface area contributed by atoms with Crippen molar-refractivity contribution < 1.29 is 9.47 Å². The normalized spacial score (nSPS) is 11.4. The van der Waals surface area contributed by atoms with Crippen LogP contribution in [0.2, 0.25) is 0 Å². The molecule has 1 aliphatic carbocycles. The molecule has 2 heteroatoms. The molecule has 2 nitrogen and oxygen atoms in total. The highest BCUT2D eigenvalue weighted by atomic mass is 16.5. The van der Waals surface area contributed by atoms with Gasteiger partial charge in [-0.2, -0.15) is 0 Å². The average molecular weight is 854 g/mol. The van der Waals surface area contributed by atoms with Crippen LogP contribution in [0.3, 0.4) is 0 Å². The summed E-state index contributed by atoms with van der Waals surface area (Å²) in [6, 6.07) is 0. The molecule has 60 heavy (non-hydrogen) atoms. The molecule has 1 unspecified atom stereocenters. The predicted molar refractivity (Wildman–Crippen MR) is 285 cm³/mol. The first-order valence-electron chi connectivity index (χ1n) is 27.9. The first-order chi connectivity index (χ1) is 29.7. The zero-order valence-corrected chi connectivity index (χ0v) is 45.5. The van der Waals surface area contributed by atoms with Gasteiger partial charge >= 0.3 is 0 Å². The number of unbranched alkanes of at least 4 members (excludes halogenated alkanes) is 22. The van der Waals surface area contributed by atoms with Gasteiger partial charge < -0.3 is 9.47 Å². The Morgan fingerprint density at radius 1 is 0.433 bits per heavy atom. The van der Waals surface area contributed by atoms with Crippen LogP contribution in [0, 0.1) is 5.92 Å². The van der Waals surface area contributed by atoms with Crippen molar-refractivity contribution >= 4 is 0 Å². The Morgan fingerprint density at radius 3 is 1.25 bits per heavy atom. The Hall–Kier alpha value is -0.860. The molecule has 0 amide bonds. The van der Waals surface area contributed by atoms with Crippen molar-refractivity contribution in [3.05, 3.63) is 36.0 Å². The van der Waals surface area contributed by atoms with Crippen molar-refractivity contribution in [1.29, 1.82) is 0 Å². The summed E-state index contributed by atoms with van der Waals surface area (Å²) in [5.41, 5.74) is 1.58. The molecule has 0 bridgehead atoms. The van der Waals surface area contributed by atoms with E-state index in [9.17, 15) is 0 Å². The van der Waals surface area contributed by atoms with E-state index in [0.29, 0.717) is 0 Å². The van der Waals surface area contributed by atoms with Gasteiger partial charge in [-0.1, -0.05) is 275 Å². The van der Waals surface area contributed by atoms with E-state index in [1.54, 1.807) is 5.57 Å². The third kappa shape index (κ3) is 81.0. The van der Waals surface area contributed by atoms with Crippen LogP contribution < -0.4 is 0 Å². The summed E-state index contributed by atoms with van der Waals surface area (Å²) < 4.78 is 11.3. The van der Waals surface area contributed by atoms with Gasteiger partial charge in [0.15, 0.2) is 0 Å². The second kappa shape index (κ2) is 85.4. The Kier molecular flexibility index (Phi) is 105. The Morgan fingerprint density at radius 2 is 0.800 bits per heavy atom. The largest absolute Gasteiger partial charge is 0.381 e. The van der Waals surface area contributed by atoms with Gasteiger partial charge in [-0.05, 0) is 76.5 Å². The van der Waals surface area contributed by atoms with E-state index in [2.05, 4.69) is 58.1 Å². The molecule has 0 spiro atoms. The molecule has 1 aliphatic rings. The zero-order valence-electron chi connectivity index (χ0n) is 45.5. The summed E-state index contributed by atoms with van der Waals surface area (Å²) in [5, 5.41) is 0. The summed E-state index contributed by atoms with van der Waals surface area (Å²) >= 11 is 0. The van der Waals surface area contributed by atoms with Crippen LogP contribution in [0.4, 0.5) is 0 Å². The summed E-state index contributed by atoms with van der Waals surface area (Å²) in [4.78, 5) is 0. The van der Waals surface area contributed by atoms with Crippen LogP contribution in [-0.4, -0.2) is 26.4 Å². The van der Waals surface area contributed by atoms with Crippen molar-refractivity contribution in [3.63, 3.8) is 0 Å². The van der Waals surface area contributed by atoms with E-state index in [0.717, 1.165) is 32.3 Å². The zero-order chi connectivity index (χ0) is 46.9. The van der Waals surface area contributed by atoms with Crippen LogP contribution in [-0.2, 0) is 9.47 Å². The fourth-order valence-electron chi connectivity index (χ4n) is 6.37. The molecule has 1 rings (SSSR count). The van der Waals surface area contributed by atoms with Gasteiger partial charge in [-0.15, -0.1) is 0 Å². The summed E-state index contributed by atoms with van der Waals surface area (Å²) in [6.07, 6.45) is 53.9. The van der Waals surface area contributed by atoms with Gasteiger partial charge in [0.25, 0.3) is 0 Å². The molecule has 0 heterocycles. The van der Waals surface area contributed by atoms with Gasteiger partial charge in [-0.25, -0.2) is 0 Å². The number of hydrogen-bond acceptors (Lipinski definition) is 2. The molecular formula is C58H124O2. The lowest BCUT2D eigenvalue weighted by atomic mass is 10.00. The fourth-order valence-corrected chi connectivity index (χ4v) is 6.37. The van der Waals surface area contributed by atoms with E-state index < -0.39 is 0 Å². The smallest absolute Gasteiger partial charge is 0.0466 e. The average Bonchev–Trinajstić information content (AvgIpc) is 3.32. The molecule has 0 radical (unpaired) electrons. The molecule has 0 aliphatic heterocycles. The summed E-state index contributed by atoms with van der Waals surface area (Å²) in [5.74, 6) is 0.760. The third-order valence-corrected chi connectivity index (χ3v) is 9.75. The Labute approximate surface area is 386 Å². The van der Waals surface area contributed by atoms with E-state index in [1.165, 1.54) is 199 Å². The first-order valence-corrected chi connectivity index (χ1v) is 27.9. The van der Waals surface area contributed by atoms with Crippen LogP contribution in [0.1, 0.15) is 310 Å². The van der Waals surface area contributed by atoms with Gasteiger partial charge in [-0.3, -0.25) is 0 Å². The van der Waals surface area contributed by atoms with Crippen LogP contribution in [0.15, 0.2) is 36.0 Å². The molecule has 0 saturated carbocycles. The number of ether oxygens (including phenoxy) is 2. The maximum atomic E-state index is 5.65. The lowest BCUT2D eigenvalue weighted by Crippen LogP contribution is -1.97. The lowest BCUT2D eigenvalue weighted by Gasteiger charge is -2.07. The van der Waals surface area contributed by atoms with Crippen molar-refractivity contribution in [3.8, 4) is 0 Å². The second-order valence-corrected chi connectivity index (χ2v) is 14.8. The highest BCUT2D eigenvalue weighted by Crippen LogP contribution is 2.18. The van der Waals surface area contributed by atoms with Crippen LogP contribution in [0.25, 0.3) is 0 Å². The molecule has 1 atom stereocenters. The van der Waals surface area contributed by atoms with Gasteiger partial charge in [0.05, 0.1) is 0 Å². The molecule has 368 valence electrons. The maximum Gasteiger partial charge on any atom is 0.0466 e. The predicted octanol–water partition coefficient (Wildman–Crippen LogP) is 22.0. The van der Waals surface area contributed by atoms with E-state index >= 15 is 0 Å². The van der Waals surface area contributed by atoms with Crippen molar-refractivity contribution in [2.45, 2.75) is 310 Å². The molecular weight excluding hydrogens is 729 g/mol. The van der Waals surface area contributed by atoms with Crippen LogP contribution in [0.5, 0.6) is 0 Å². The minimum Gasteiger partial charge on any atom is -0.381 e. The molecule has 0 aromatic heterocycles. The quantitative estimate of drug-likeness (QED) is 0.0462. The van der Waals surface area contributed by atoms with E-state index in [4.69, 9.17) is 9.47 Å². The van der Waals surface area contributed by atoms with Crippen LogP contribution >= 0.6 is 0 Å². The van der Waals surface area contributed by atoms with Gasteiger partial charge in [0.1, 0.15) is 0 Å². The topological polar surface area (TPSA) is 18.5 Å². The van der Waals surface area contributed by atoms with Gasteiger partial charge in [0.2, 0.25) is 0 Å².